The monoisotopic (exact) mass is 330 g/mol. The molecule has 2 aromatic carbocycles. The summed E-state index contributed by atoms with van der Waals surface area (Å²) in [7, 11) is 0. The van der Waals surface area contributed by atoms with E-state index in [1.54, 1.807) is 6.20 Å². The number of rotatable bonds is 4. The van der Waals surface area contributed by atoms with Crippen molar-refractivity contribution in [1.29, 1.82) is 0 Å². The first-order valence-corrected chi connectivity index (χ1v) is 8.31. The van der Waals surface area contributed by atoms with Crippen LogP contribution in [0.3, 0.4) is 0 Å². The van der Waals surface area contributed by atoms with E-state index in [9.17, 15) is 0 Å². The predicted molar refractivity (Wildman–Crippen MR) is 98.6 cm³/mol. The molecular formula is C21H18N2O2. The highest BCUT2D eigenvalue weighted by atomic mass is 16.5. The fourth-order valence-corrected chi connectivity index (χ4v) is 3.03. The number of nitrogens with zero attached hydrogens (tertiary/aromatic N) is 2. The Kier molecular flexibility index (Phi) is 3.94. The minimum absolute atomic E-state index is 0.653. The van der Waals surface area contributed by atoms with E-state index >= 15 is 0 Å². The van der Waals surface area contributed by atoms with Crippen molar-refractivity contribution in [3.63, 3.8) is 0 Å². The second kappa shape index (κ2) is 6.40. The zero-order valence-corrected chi connectivity index (χ0v) is 14.2. The number of hydrogen-bond acceptors (Lipinski definition) is 4. The highest BCUT2D eigenvalue weighted by Crippen LogP contribution is 2.36. The van der Waals surface area contributed by atoms with E-state index in [1.165, 1.54) is 0 Å². The van der Waals surface area contributed by atoms with Crippen molar-refractivity contribution < 1.29 is 9.26 Å². The first-order valence-electron chi connectivity index (χ1n) is 8.31. The van der Waals surface area contributed by atoms with Crippen LogP contribution in [-0.4, -0.2) is 16.7 Å². The van der Waals surface area contributed by atoms with E-state index < -0.39 is 0 Å². The van der Waals surface area contributed by atoms with Crippen LogP contribution in [0.4, 0.5) is 0 Å². The molecule has 4 rings (SSSR count). The quantitative estimate of drug-likeness (QED) is 0.512. The average molecular weight is 330 g/mol. The molecule has 25 heavy (non-hydrogen) atoms. The lowest BCUT2D eigenvalue weighted by Gasteiger charge is -2.08. The van der Waals surface area contributed by atoms with Crippen molar-refractivity contribution in [1.82, 2.24) is 10.1 Å². The number of aromatic nitrogens is 2. The van der Waals surface area contributed by atoms with Gasteiger partial charge in [-0.05, 0) is 43.7 Å². The van der Waals surface area contributed by atoms with Crippen molar-refractivity contribution in [3.05, 3.63) is 66.5 Å². The summed E-state index contributed by atoms with van der Waals surface area (Å²) in [5.41, 5.74) is 4.90. The lowest BCUT2D eigenvalue weighted by Crippen LogP contribution is -1.91. The molecule has 0 radical (unpaired) electrons. The Morgan fingerprint density at radius 2 is 1.80 bits per heavy atom. The Morgan fingerprint density at radius 1 is 1.00 bits per heavy atom. The summed E-state index contributed by atoms with van der Waals surface area (Å²) in [5.74, 6) is 1.61. The van der Waals surface area contributed by atoms with Crippen molar-refractivity contribution in [2.75, 3.05) is 6.61 Å². The number of ether oxygens (including phenoxy) is 1. The SMILES string of the molecule is CCOc1ccc(-c2cnoc2-c2cc(C)nc3ccccc23)cc1. The molecule has 0 saturated heterocycles. The van der Waals surface area contributed by atoms with Crippen molar-refractivity contribution in [3.8, 4) is 28.2 Å². The van der Waals surface area contributed by atoms with E-state index in [0.717, 1.165) is 44.8 Å². The molecule has 4 nitrogen and oxygen atoms in total. The molecule has 2 aromatic heterocycles. The molecule has 4 aromatic rings. The molecule has 0 amide bonds. The molecule has 0 saturated carbocycles. The maximum Gasteiger partial charge on any atom is 0.175 e. The van der Waals surface area contributed by atoms with Gasteiger partial charge in [0.05, 0.1) is 18.3 Å². The second-order valence-electron chi connectivity index (χ2n) is 5.85. The van der Waals surface area contributed by atoms with Crippen LogP contribution in [0.1, 0.15) is 12.6 Å². The van der Waals surface area contributed by atoms with E-state index in [-0.39, 0.29) is 0 Å². The van der Waals surface area contributed by atoms with Crippen LogP contribution >= 0.6 is 0 Å². The van der Waals surface area contributed by atoms with Crippen LogP contribution in [0.15, 0.2) is 65.3 Å². The molecule has 0 N–H and O–H groups in total. The third kappa shape index (κ3) is 2.87. The lowest BCUT2D eigenvalue weighted by molar-refractivity contribution is 0.340. The first-order chi connectivity index (χ1) is 12.3. The number of hydrogen-bond donors (Lipinski definition) is 0. The van der Waals surface area contributed by atoms with Crippen LogP contribution < -0.4 is 4.74 Å². The molecule has 0 unspecified atom stereocenters. The zero-order chi connectivity index (χ0) is 17.2. The standard InChI is InChI=1S/C21H18N2O2/c1-3-24-16-10-8-15(9-11-16)19-13-22-25-21(19)18-12-14(2)23-20-7-5-4-6-17(18)20/h4-13H,3H2,1-2H3. The smallest absolute Gasteiger partial charge is 0.175 e. The fraction of sp³-hybridized carbons (Fsp3) is 0.143. The molecule has 0 aliphatic carbocycles. The largest absolute Gasteiger partial charge is 0.494 e. The van der Waals surface area contributed by atoms with Crippen LogP contribution in [-0.2, 0) is 0 Å². The second-order valence-corrected chi connectivity index (χ2v) is 5.85. The first kappa shape index (κ1) is 15.4. The molecule has 124 valence electrons. The minimum atomic E-state index is 0.653. The van der Waals surface area contributed by atoms with Crippen molar-refractivity contribution >= 4 is 10.9 Å². The van der Waals surface area contributed by atoms with Gasteiger partial charge in [-0.2, -0.15) is 0 Å². The maximum absolute atomic E-state index is 5.64. The molecular weight excluding hydrogens is 312 g/mol. The van der Waals surface area contributed by atoms with E-state index in [2.05, 4.69) is 16.2 Å². The van der Waals surface area contributed by atoms with Gasteiger partial charge >= 0.3 is 0 Å². The normalized spacial score (nSPS) is 11.0. The van der Waals surface area contributed by atoms with Crippen LogP contribution in [0.2, 0.25) is 0 Å². The van der Waals surface area contributed by atoms with E-state index in [0.29, 0.717) is 6.61 Å². The topological polar surface area (TPSA) is 48.2 Å². The van der Waals surface area contributed by atoms with Gasteiger partial charge in [0.15, 0.2) is 5.76 Å². The van der Waals surface area contributed by atoms with Crippen molar-refractivity contribution in [2.24, 2.45) is 0 Å². The Labute approximate surface area is 146 Å². The summed E-state index contributed by atoms with van der Waals surface area (Å²) in [4.78, 5) is 4.60. The molecule has 0 fully saturated rings. The van der Waals surface area contributed by atoms with Crippen molar-refractivity contribution in [2.45, 2.75) is 13.8 Å². The predicted octanol–water partition coefficient (Wildman–Crippen LogP) is 5.26. The van der Waals surface area contributed by atoms with Gasteiger partial charge in [0.1, 0.15) is 5.75 Å². The molecule has 2 heterocycles. The number of benzene rings is 2. The van der Waals surface area contributed by atoms with Gasteiger partial charge in [0.25, 0.3) is 0 Å². The van der Waals surface area contributed by atoms with Gasteiger partial charge in [0, 0.05) is 22.2 Å². The zero-order valence-electron chi connectivity index (χ0n) is 14.2. The number of para-hydroxylation sites is 1. The van der Waals surface area contributed by atoms with Gasteiger partial charge in [-0.3, -0.25) is 4.98 Å². The number of pyridine rings is 1. The fourth-order valence-electron chi connectivity index (χ4n) is 3.03. The van der Waals surface area contributed by atoms with Gasteiger partial charge in [0.2, 0.25) is 0 Å². The summed E-state index contributed by atoms with van der Waals surface area (Å²) >= 11 is 0. The Hall–Kier alpha value is -3.14. The third-order valence-corrected chi connectivity index (χ3v) is 4.14. The van der Waals surface area contributed by atoms with Gasteiger partial charge in [-0.1, -0.05) is 35.5 Å². The third-order valence-electron chi connectivity index (χ3n) is 4.14. The molecule has 0 aliphatic rings. The summed E-state index contributed by atoms with van der Waals surface area (Å²) in [5, 5.41) is 5.10. The number of aryl methyl sites for hydroxylation is 1. The summed E-state index contributed by atoms with van der Waals surface area (Å²) < 4.78 is 11.2. The van der Waals surface area contributed by atoms with Crippen LogP contribution in [0.25, 0.3) is 33.4 Å². The summed E-state index contributed by atoms with van der Waals surface area (Å²) in [6, 6.07) is 18.1. The molecule has 0 spiro atoms. The Bertz CT molecular complexity index is 1020. The van der Waals surface area contributed by atoms with E-state index in [1.807, 2.05) is 62.4 Å². The Morgan fingerprint density at radius 3 is 2.60 bits per heavy atom. The summed E-state index contributed by atoms with van der Waals surface area (Å²) in [6.45, 7) is 4.62. The van der Waals surface area contributed by atoms with Gasteiger partial charge in [-0.15, -0.1) is 0 Å². The van der Waals surface area contributed by atoms with Crippen LogP contribution in [0.5, 0.6) is 5.75 Å². The highest BCUT2D eigenvalue weighted by molar-refractivity contribution is 5.96. The highest BCUT2D eigenvalue weighted by Gasteiger charge is 2.16. The molecule has 0 bridgehead atoms. The van der Waals surface area contributed by atoms with Gasteiger partial charge < -0.3 is 9.26 Å². The van der Waals surface area contributed by atoms with Crippen LogP contribution in [0, 0.1) is 6.92 Å². The maximum atomic E-state index is 5.64. The summed E-state index contributed by atoms with van der Waals surface area (Å²) in [6.07, 6.45) is 1.76. The minimum Gasteiger partial charge on any atom is -0.494 e. The lowest BCUT2D eigenvalue weighted by atomic mass is 9.99. The van der Waals surface area contributed by atoms with E-state index in [4.69, 9.17) is 9.26 Å². The molecule has 0 atom stereocenters. The number of fused-ring (bicyclic) bond motifs is 1. The van der Waals surface area contributed by atoms with Gasteiger partial charge in [-0.25, -0.2) is 0 Å². The molecule has 0 aliphatic heterocycles. The molecule has 4 heteroatoms. The Balaban J connectivity index is 1.85. The average Bonchev–Trinajstić information content (AvgIpc) is 3.11.